The van der Waals surface area contributed by atoms with Crippen LogP contribution in [-0.4, -0.2) is 27.0 Å². The number of hydrogen-bond donors (Lipinski definition) is 1. The smallest absolute Gasteiger partial charge is 0.208 e. The summed E-state index contributed by atoms with van der Waals surface area (Å²) in [6.45, 7) is 2.56. The highest BCUT2D eigenvalue weighted by molar-refractivity contribution is 7.98. The van der Waals surface area contributed by atoms with Crippen LogP contribution in [0.15, 0.2) is 24.3 Å². The van der Waals surface area contributed by atoms with Gasteiger partial charge in [-0.05, 0) is 12.5 Å². The topological polar surface area (TPSA) is 46.2 Å². The maximum atomic E-state index is 10.8. The molecule has 0 aliphatic heterocycles. The predicted octanol–water partition coefficient (Wildman–Crippen LogP) is 1.78. The number of benzene rings is 1. The Balaban J connectivity index is 2.21. The minimum absolute atomic E-state index is 0.495. The molecule has 90 valence electrons. The SMILES string of the molecule is Cc1cccc(CSCCNS(C)(=O)=O)c1. The van der Waals surface area contributed by atoms with Gasteiger partial charge in [-0.3, -0.25) is 0 Å². The molecule has 0 bridgehead atoms. The van der Waals surface area contributed by atoms with Gasteiger partial charge in [-0.25, -0.2) is 13.1 Å². The second-order valence-electron chi connectivity index (χ2n) is 3.71. The lowest BCUT2D eigenvalue weighted by molar-refractivity contribution is 0.590. The molecule has 5 heteroatoms. The zero-order valence-corrected chi connectivity index (χ0v) is 11.2. The molecule has 0 aliphatic carbocycles. The minimum Gasteiger partial charge on any atom is -0.215 e. The molecule has 0 heterocycles. The van der Waals surface area contributed by atoms with Gasteiger partial charge in [0.1, 0.15) is 0 Å². The van der Waals surface area contributed by atoms with Crippen molar-refractivity contribution in [1.29, 1.82) is 0 Å². The maximum absolute atomic E-state index is 10.8. The van der Waals surface area contributed by atoms with Gasteiger partial charge < -0.3 is 0 Å². The number of rotatable bonds is 6. The lowest BCUT2D eigenvalue weighted by Crippen LogP contribution is -2.24. The maximum Gasteiger partial charge on any atom is 0.208 e. The molecule has 1 aromatic carbocycles. The van der Waals surface area contributed by atoms with Gasteiger partial charge in [-0.2, -0.15) is 11.8 Å². The Morgan fingerprint density at radius 3 is 2.75 bits per heavy atom. The molecule has 0 unspecified atom stereocenters. The van der Waals surface area contributed by atoms with Crippen LogP contribution < -0.4 is 4.72 Å². The Bertz CT molecular complexity index is 429. The predicted molar refractivity (Wildman–Crippen MR) is 70.2 cm³/mol. The normalized spacial score (nSPS) is 11.6. The summed E-state index contributed by atoms with van der Waals surface area (Å²) >= 11 is 1.73. The molecular formula is C11H17NO2S2. The van der Waals surface area contributed by atoms with E-state index in [1.165, 1.54) is 17.4 Å². The average molecular weight is 259 g/mol. The third-order valence-electron chi connectivity index (χ3n) is 1.96. The minimum atomic E-state index is -3.04. The van der Waals surface area contributed by atoms with Gasteiger partial charge in [0, 0.05) is 18.1 Å². The lowest BCUT2D eigenvalue weighted by Gasteiger charge is -2.03. The van der Waals surface area contributed by atoms with Crippen molar-refractivity contribution < 1.29 is 8.42 Å². The molecule has 1 rings (SSSR count). The second-order valence-corrected chi connectivity index (χ2v) is 6.65. The van der Waals surface area contributed by atoms with Gasteiger partial charge in [0.2, 0.25) is 10.0 Å². The van der Waals surface area contributed by atoms with Crippen LogP contribution in [0.2, 0.25) is 0 Å². The van der Waals surface area contributed by atoms with E-state index in [1.54, 1.807) is 11.8 Å². The zero-order valence-electron chi connectivity index (χ0n) is 9.56. The Hall–Kier alpha value is -0.520. The Morgan fingerprint density at radius 2 is 2.12 bits per heavy atom. The van der Waals surface area contributed by atoms with Crippen molar-refractivity contribution in [3.63, 3.8) is 0 Å². The highest BCUT2D eigenvalue weighted by atomic mass is 32.2. The lowest BCUT2D eigenvalue weighted by atomic mass is 10.2. The van der Waals surface area contributed by atoms with Gasteiger partial charge >= 0.3 is 0 Å². The van der Waals surface area contributed by atoms with Crippen molar-refractivity contribution in [3.05, 3.63) is 35.4 Å². The summed E-state index contributed by atoms with van der Waals surface area (Å²) in [5.41, 5.74) is 2.54. The van der Waals surface area contributed by atoms with E-state index < -0.39 is 10.0 Å². The van der Waals surface area contributed by atoms with E-state index in [0.717, 1.165) is 11.5 Å². The number of nitrogens with one attached hydrogen (secondary N) is 1. The Kier molecular flexibility index (Phi) is 5.31. The highest BCUT2D eigenvalue weighted by Gasteiger charge is 1.99. The summed E-state index contributed by atoms with van der Waals surface area (Å²) in [5, 5.41) is 0. The highest BCUT2D eigenvalue weighted by Crippen LogP contribution is 2.12. The fourth-order valence-electron chi connectivity index (χ4n) is 1.29. The van der Waals surface area contributed by atoms with E-state index in [-0.39, 0.29) is 0 Å². The molecule has 0 amide bonds. The van der Waals surface area contributed by atoms with Crippen LogP contribution in [0.3, 0.4) is 0 Å². The first-order valence-electron chi connectivity index (χ1n) is 5.05. The molecule has 0 saturated heterocycles. The molecule has 0 fully saturated rings. The standard InChI is InChI=1S/C11H17NO2S2/c1-10-4-3-5-11(8-10)9-15-7-6-12-16(2,13)14/h3-5,8,12H,6-7,9H2,1-2H3. The number of aryl methyl sites for hydroxylation is 1. The fraction of sp³-hybridized carbons (Fsp3) is 0.455. The Morgan fingerprint density at radius 1 is 1.38 bits per heavy atom. The van der Waals surface area contributed by atoms with Crippen molar-refractivity contribution in [3.8, 4) is 0 Å². The van der Waals surface area contributed by atoms with Crippen LogP contribution in [0.1, 0.15) is 11.1 Å². The largest absolute Gasteiger partial charge is 0.215 e. The van der Waals surface area contributed by atoms with Gasteiger partial charge in [0.25, 0.3) is 0 Å². The first-order chi connectivity index (χ1) is 7.47. The van der Waals surface area contributed by atoms with Crippen LogP contribution >= 0.6 is 11.8 Å². The number of hydrogen-bond acceptors (Lipinski definition) is 3. The van der Waals surface area contributed by atoms with E-state index in [1.807, 2.05) is 6.07 Å². The van der Waals surface area contributed by atoms with Crippen molar-refractivity contribution in [1.82, 2.24) is 4.72 Å². The van der Waals surface area contributed by atoms with Crippen LogP contribution in [-0.2, 0) is 15.8 Å². The third-order valence-corrected chi connectivity index (χ3v) is 3.72. The van der Waals surface area contributed by atoms with Crippen molar-refractivity contribution in [2.45, 2.75) is 12.7 Å². The summed E-state index contributed by atoms with van der Waals surface area (Å²) in [6.07, 6.45) is 1.18. The van der Waals surface area contributed by atoms with E-state index >= 15 is 0 Å². The van der Waals surface area contributed by atoms with E-state index in [2.05, 4.69) is 29.8 Å². The first-order valence-corrected chi connectivity index (χ1v) is 8.10. The van der Waals surface area contributed by atoms with Gasteiger partial charge in [0.05, 0.1) is 6.26 Å². The monoisotopic (exact) mass is 259 g/mol. The van der Waals surface area contributed by atoms with Crippen molar-refractivity contribution in [2.24, 2.45) is 0 Å². The summed E-state index contributed by atoms with van der Waals surface area (Å²) in [7, 11) is -3.04. The van der Waals surface area contributed by atoms with E-state index in [9.17, 15) is 8.42 Å². The molecule has 1 N–H and O–H groups in total. The van der Waals surface area contributed by atoms with Gasteiger partial charge in [0.15, 0.2) is 0 Å². The van der Waals surface area contributed by atoms with Crippen molar-refractivity contribution in [2.75, 3.05) is 18.6 Å². The third kappa shape index (κ3) is 6.15. The average Bonchev–Trinajstić information content (AvgIpc) is 2.15. The number of sulfonamides is 1. The first kappa shape index (κ1) is 13.5. The second kappa shape index (κ2) is 6.27. The number of thioether (sulfide) groups is 1. The molecule has 1 aromatic rings. The zero-order chi connectivity index (χ0) is 12.0. The molecule has 0 aliphatic rings. The molecule has 0 radical (unpaired) electrons. The molecule has 0 atom stereocenters. The molecule has 0 spiro atoms. The summed E-state index contributed by atoms with van der Waals surface area (Å²) in [4.78, 5) is 0. The van der Waals surface area contributed by atoms with E-state index in [0.29, 0.717) is 6.54 Å². The molecule has 0 aromatic heterocycles. The Labute approximate surface area is 102 Å². The van der Waals surface area contributed by atoms with E-state index in [4.69, 9.17) is 0 Å². The fourth-order valence-corrected chi connectivity index (χ4v) is 2.70. The van der Waals surface area contributed by atoms with Gasteiger partial charge in [-0.1, -0.05) is 29.8 Å². The summed E-state index contributed by atoms with van der Waals surface area (Å²) < 4.78 is 24.0. The quantitative estimate of drug-likeness (QED) is 0.792. The van der Waals surface area contributed by atoms with Crippen molar-refractivity contribution >= 4 is 21.8 Å². The van der Waals surface area contributed by atoms with Crippen LogP contribution in [0.5, 0.6) is 0 Å². The van der Waals surface area contributed by atoms with Gasteiger partial charge in [-0.15, -0.1) is 0 Å². The molecule has 0 saturated carbocycles. The molecule has 3 nitrogen and oxygen atoms in total. The summed E-state index contributed by atoms with van der Waals surface area (Å²) in [6, 6.07) is 8.35. The van der Waals surface area contributed by atoms with Crippen LogP contribution in [0.4, 0.5) is 0 Å². The van der Waals surface area contributed by atoms with Crippen LogP contribution in [0.25, 0.3) is 0 Å². The molecule has 16 heavy (non-hydrogen) atoms. The molecular weight excluding hydrogens is 242 g/mol. The summed E-state index contributed by atoms with van der Waals surface area (Å²) in [5.74, 6) is 1.72. The van der Waals surface area contributed by atoms with Crippen LogP contribution in [0, 0.1) is 6.92 Å².